The van der Waals surface area contributed by atoms with Crippen molar-refractivity contribution in [1.82, 2.24) is 9.97 Å². The Bertz CT molecular complexity index is 479. The third-order valence-electron chi connectivity index (χ3n) is 2.00. The van der Waals surface area contributed by atoms with Gasteiger partial charge in [0.25, 0.3) is 0 Å². The van der Waals surface area contributed by atoms with E-state index in [4.69, 9.17) is 0 Å². The maximum Gasteiger partial charge on any atom is 0.221 e. The highest BCUT2D eigenvalue weighted by molar-refractivity contribution is 5.88. The molecule has 1 amide bonds. The van der Waals surface area contributed by atoms with Gasteiger partial charge in [-0.05, 0) is 0 Å². The molecule has 2 aromatic rings. The Morgan fingerprint density at radius 3 is 2.31 bits per heavy atom. The van der Waals surface area contributed by atoms with E-state index in [9.17, 15) is 4.79 Å². The summed E-state index contributed by atoms with van der Waals surface area (Å²) in [5, 5.41) is 2.62. The first-order valence-corrected chi connectivity index (χ1v) is 4.91. The number of hydrogen-bond acceptors (Lipinski definition) is 3. The highest BCUT2D eigenvalue weighted by Gasteiger charge is 2.00. The summed E-state index contributed by atoms with van der Waals surface area (Å²) in [4.78, 5) is 19.2. The Kier molecular flexibility index (Phi) is 2.91. The van der Waals surface area contributed by atoms with Crippen LogP contribution in [-0.4, -0.2) is 15.9 Å². The molecule has 16 heavy (non-hydrogen) atoms. The number of hydrogen-bond donors (Lipinski definition) is 1. The van der Waals surface area contributed by atoms with Crippen LogP contribution in [0.1, 0.15) is 6.92 Å². The van der Waals surface area contributed by atoms with Crippen LogP contribution in [0, 0.1) is 0 Å². The van der Waals surface area contributed by atoms with Gasteiger partial charge in [-0.15, -0.1) is 0 Å². The molecule has 4 nitrogen and oxygen atoms in total. The molecule has 2 rings (SSSR count). The molecule has 1 aromatic carbocycles. The van der Waals surface area contributed by atoms with Gasteiger partial charge in [0.15, 0.2) is 5.82 Å². The van der Waals surface area contributed by atoms with Crippen molar-refractivity contribution in [3.05, 3.63) is 42.7 Å². The fourth-order valence-corrected chi connectivity index (χ4v) is 1.33. The van der Waals surface area contributed by atoms with Crippen LogP contribution >= 0.6 is 0 Å². The van der Waals surface area contributed by atoms with E-state index in [-0.39, 0.29) is 5.91 Å². The quantitative estimate of drug-likeness (QED) is 0.831. The molecule has 1 aromatic heterocycles. The third-order valence-corrected chi connectivity index (χ3v) is 2.00. The van der Waals surface area contributed by atoms with Crippen molar-refractivity contribution in [2.24, 2.45) is 0 Å². The summed E-state index contributed by atoms with van der Waals surface area (Å²) in [7, 11) is 0. The molecule has 1 N–H and O–H groups in total. The topological polar surface area (TPSA) is 54.9 Å². The Morgan fingerprint density at radius 2 is 1.75 bits per heavy atom. The zero-order valence-electron chi connectivity index (χ0n) is 8.84. The van der Waals surface area contributed by atoms with E-state index >= 15 is 0 Å². The molecule has 0 unspecified atom stereocenters. The van der Waals surface area contributed by atoms with E-state index in [1.54, 1.807) is 12.4 Å². The van der Waals surface area contributed by atoms with Crippen molar-refractivity contribution in [2.75, 3.05) is 5.32 Å². The smallest absolute Gasteiger partial charge is 0.221 e. The minimum absolute atomic E-state index is 0.129. The monoisotopic (exact) mass is 213 g/mol. The van der Waals surface area contributed by atoms with E-state index in [0.717, 1.165) is 5.56 Å². The van der Waals surface area contributed by atoms with Gasteiger partial charge < -0.3 is 5.32 Å². The first kappa shape index (κ1) is 10.3. The van der Waals surface area contributed by atoms with Gasteiger partial charge in [-0.1, -0.05) is 30.3 Å². The highest BCUT2D eigenvalue weighted by Crippen LogP contribution is 2.14. The van der Waals surface area contributed by atoms with Crippen LogP contribution in [0.25, 0.3) is 11.4 Å². The van der Waals surface area contributed by atoms with E-state index in [2.05, 4.69) is 15.3 Å². The average molecular weight is 213 g/mol. The summed E-state index contributed by atoms with van der Waals surface area (Å²) >= 11 is 0. The van der Waals surface area contributed by atoms with Gasteiger partial charge >= 0.3 is 0 Å². The number of nitrogens with one attached hydrogen (secondary N) is 1. The van der Waals surface area contributed by atoms with Gasteiger partial charge in [-0.3, -0.25) is 4.79 Å². The molecule has 1 heterocycles. The largest absolute Gasteiger partial charge is 0.324 e. The molecule has 4 heteroatoms. The Hall–Kier alpha value is -2.23. The molecule has 0 fully saturated rings. The number of aromatic nitrogens is 2. The minimum atomic E-state index is -0.129. The molecule has 0 bridgehead atoms. The highest BCUT2D eigenvalue weighted by atomic mass is 16.1. The fourth-order valence-electron chi connectivity index (χ4n) is 1.33. The zero-order chi connectivity index (χ0) is 11.4. The molecular formula is C12H11N3O. The summed E-state index contributed by atoms with van der Waals surface area (Å²) < 4.78 is 0. The van der Waals surface area contributed by atoms with E-state index in [1.807, 2.05) is 30.3 Å². The maximum atomic E-state index is 10.8. The third kappa shape index (κ3) is 2.42. The van der Waals surface area contributed by atoms with Gasteiger partial charge in [0.05, 0.1) is 18.1 Å². The van der Waals surface area contributed by atoms with E-state index < -0.39 is 0 Å². The number of amides is 1. The number of carbonyl (C=O) groups is 1. The first-order chi connectivity index (χ1) is 7.75. The van der Waals surface area contributed by atoms with Crippen molar-refractivity contribution in [2.45, 2.75) is 6.92 Å². The van der Waals surface area contributed by atoms with Gasteiger partial charge in [0.2, 0.25) is 5.91 Å². The Balaban J connectivity index is 2.23. The Labute approximate surface area is 93.4 Å². The normalized spacial score (nSPS) is 9.81. The summed E-state index contributed by atoms with van der Waals surface area (Å²) in [5.41, 5.74) is 1.56. The lowest BCUT2D eigenvalue weighted by atomic mass is 10.2. The van der Waals surface area contributed by atoms with Gasteiger partial charge in [-0.25, -0.2) is 9.97 Å². The standard InChI is InChI=1S/C12H11N3O/c1-9(16)15-11-7-13-12(14-8-11)10-5-3-2-4-6-10/h2-8H,1H3,(H,15,16). The van der Waals surface area contributed by atoms with Crippen LogP contribution in [0.5, 0.6) is 0 Å². The molecule has 0 saturated carbocycles. The minimum Gasteiger partial charge on any atom is -0.324 e. The number of nitrogens with zero attached hydrogens (tertiary/aromatic N) is 2. The van der Waals surface area contributed by atoms with Gasteiger partial charge in [0, 0.05) is 12.5 Å². The summed E-state index contributed by atoms with van der Waals surface area (Å²) in [6.07, 6.45) is 3.19. The Morgan fingerprint density at radius 1 is 1.12 bits per heavy atom. The van der Waals surface area contributed by atoms with Crippen molar-refractivity contribution in [3.8, 4) is 11.4 Å². The van der Waals surface area contributed by atoms with Gasteiger partial charge in [0.1, 0.15) is 0 Å². The molecule has 0 spiro atoms. The number of benzene rings is 1. The fraction of sp³-hybridized carbons (Fsp3) is 0.0833. The van der Waals surface area contributed by atoms with Crippen LogP contribution in [0.15, 0.2) is 42.7 Å². The zero-order valence-corrected chi connectivity index (χ0v) is 8.84. The summed E-state index contributed by atoms with van der Waals surface area (Å²) in [6.45, 7) is 1.45. The van der Waals surface area contributed by atoms with E-state index in [0.29, 0.717) is 11.5 Å². The predicted molar refractivity (Wildman–Crippen MR) is 61.8 cm³/mol. The molecule has 0 radical (unpaired) electrons. The molecular weight excluding hydrogens is 202 g/mol. The average Bonchev–Trinajstić information content (AvgIpc) is 2.30. The predicted octanol–water partition coefficient (Wildman–Crippen LogP) is 2.10. The second-order valence-electron chi connectivity index (χ2n) is 3.34. The van der Waals surface area contributed by atoms with Crippen LogP contribution in [0.2, 0.25) is 0 Å². The van der Waals surface area contributed by atoms with Crippen LogP contribution in [-0.2, 0) is 4.79 Å². The lowest BCUT2D eigenvalue weighted by molar-refractivity contribution is -0.114. The van der Waals surface area contributed by atoms with Crippen molar-refractivity contribution in [3.63, 3.8) is 0 Å². The number of carbonyl (C=O) groups excluding carboxylic acids is 1. The molecule has 0 atom stereocenters. The molecule has 0 saturated heterocycles. The van der Waals surface area contributed by atoms with E-state index in [1.165, 1.54) is 6.92 Å². The van der Waals surface area contributed by atoms with Crippen LogP contribution in [0.3, 0.4) is 0 Å². The van der Waals surface area contributed by atoms with Gasteiger partial charge in [-0.2, -0.15) is 0 Å². The van der Waals surface area contributed by atoms with Crippen molar-refractivity contribution < 1.29 is 4.79 Å². The first-order valence-electron chi connectivity index (χ1n) is 4.91. The number of anilines is 1. The van der Waals surface area contributed by atoms with Crippen LogP contribution < -0.4 is 5.32 Å². The number of rotatable bonds is 2. The lowest BCUT2D eigenvalue weighted by Crippen LogP contribution is -2.06. The van der Waals surface area contributed by atoms with Crippen LogP contribution in [0.4, 0.5) is 5.69 Å². The summed E-state index contributed by atoms with van der Waals surface area (Å²) in [6, 6.07) is 9.68. The SMILES string of the molecule is CC(=O)Nc1cnc(-c2ccccc2)nc1. The molecule has 0 aliphatic rings. The van der Waals surface area contributed by atoms with Crippen molar-refractivity contribution in [1.29, 1.82) is 0 Å². The maximum absolute atomic E-state index is 10.8. The second kappa shape index (κ2) is 4.53. The summed E-state index contributed by atoms with van der Waals surface area (Å²) in [5.74, 6) is 0.519. The molecule has 0 aliphatic carbocycles. The lowest BCUT2D eigenvalue weighted by Gasteiger charge is -2.02. The second-order valence-corrected chi connectivity index (χ2v) is 3.34. The van der Waals surface area contributed by atoms with Crippen molar-refractivity contribution >= 4 is 11.6 Å². The molecule has 80 valence electrons. The molecule has 0 aliphatic heterocycles.